The summed E-state index contributed by atoms with van der Waals surface area (Å²) in [5.74, 6) is 0.838. The Bertz CT molecular complexity index is 1330. The average molecular weight is 458 g/mol. The lowest BCUT2D eigenvalue weighted by Crippen LogP contribution is -2.17. The van der Waals surface area contributed by atoms with Gasteiger partial charge in [-0.15, -0.1) is 11.8 Å². The van der Waals surface area contributed by atoms with Crippen LogP contribution in [0.2, 0.25) is 0 Å². The van der Waals surface area contributed by atoms with Crippen LogP contribution < -0.4 is 10.6 Å². The molecule has 0 aliphatic carbocycles. The molecule has 1 aliphatic heterocycles. The van der Waals surface area contributed by atoms with Crippen LogP contribution in [0, 0.1) is 13.8 Å². The summed E-state index contributed by atoms with van der Waals surface area (Å²) in [6, 6.07) is 14.3. The van der Waals surface area contributed by atoms with E-state index in [1.54, 1.807) is 25.1 Å². The molecule has 3 N–H and O–H groups in total. The second-order valence-corrected chi connectivity index (χ2v) is 9.63. The summed E-state index contributed by atoms with van der Waals surface area (Å²) in [5, 5.41) is 7.80. The van der Waals surface area contributed by atoms with E-state index in [1.807, 2.05) is 24.3 Å². The van der Waals surface area contributed by atoms with Gasteiger partial charge in [0.2, 0.25) is 0 Å². The van der Waals surface area contributed by atoms with Crippen LogP contribution in [0.4, 0.5) is 5.82 Å². The van der Waals surface area contributed by atoms with Crippen LogP contribution in [0.15, 0.2) is 53.7 Å². The lowest BCUT2D eigenvalue weighted by atomic mass is 10.1. The zero-order chi connectivity index (χ0) is 22.9. The largest absolute Gasteiger partial charge is 0.369 e. The van der Waals surface area contributed by atoms with Crippen LogP contribution in [0.5, 0.6) is 0 Å². The van der Waals surface area contributed by atoms with Crippen molar-refractivity contribution in [1.82, 2.24) is 20.3 Å². The monoisotopic (exact) mass is 457 g/mol. The number of aromatic nitrogens is 3. The maximum Gasteiger partial charge on any atom is 0.251 e. The highest BCUT2D eigenvalue weighted by molar-refractivity contribution is 8.00. The molecule has 1 atom stereocenters. The molecule has 3 heterocycles. The van der Waals surface area contributed by atoms with Gasteiger partial charge in [-0.3, -0.25) is 4.79 Å². The first kappa shape index (κ1) is 21.5. The van der Waals surface area contributed by atoms with Crippen molar-refractivity contribution in [2.75, 3.05) is 18.9 Å². The molecule has 0 saturated heterocycles. The van der Waals surface area contributed by atoms with Crippen molar-refractivity contribution in [3.63, 3.8) is 0 Å². The number of aryl methyl sites for hydroxylation is 2. The minimum absolute atomic E-state index is 0.0677. The molecule has 2 aromatic carbocycles. The number of carbonyl (C=O) groups excluding carboxylic acids is 1. The Labute approximate surface area is 197 Å². The number of H-pyrrole nitrogens is 1. The Morgan fingerprint density at radius 2 is 1.97 bits per heavy atom. The fraction of sp³-hybridized carbons (Fsp3) is 0.269. The predicted octanol–water partition coefficient (Wildman–Crippen LogP) is 4.98. The molecule has 0 saturated carbocycles. The standard InChI is InChI=1S/C26H27N5OS/c1-15-5-4-6-20-19(16(2)31-23(15)20)11-12-28-25-24-21(29-14-30-25)13-22(33-24)17-7-9-18(10-8-17)26(32)27-3/h4-10,14,22,31H,11-13H2,1-3H3,(H,27,32)(H,28,29,30). The van der Waals surface area contributed by atoms with Gasteiger partial charge in [0, 0.05) is 47.4 Å². The van der Waals surface area contributed by atoms with E-state index >= 15 is 0 Å². The van der Waals surface area contributed by atoms with Gasteiger partial charge in [0.15, 0.2) is 0 Å². The number of hydrogen-bond donors (Lipinski definition) is 3. The number of carbonyl (C=O) groups is 1. The number of nitrogens with zero attached hydrogens (tertiary/aromatic N) is 2. The molecule has 4 aromatic rings. The van der Waals surface area contributed by atoms with Gasteiger partial charge >= 0.3 is 0 Å². The van der Waals surface area contributed by atoms with Crippen molar-refractivity contribution >= 4 is 34.4 Å². The predicted molar refractivity (Wildman–Crippen MR) is 134 cm³/mol. The first-order valence-electron chi connectivity index (χ1n) is 11.2. The second-order valence-electron chi connectivity index (χ2n) is 8.41. The van der Waals surface area contributed by atoms with E-state index in [1.165, 1.54) is 33.3 Å². The normalized spacial score (nSPS) is 14.9. The highest BCUT2D eigenvalue weighted by atomic mass is 32.2. The quantitative estimate of drug-likeness (QED) is 0.380. The van der Waals surface area contributed by atoms with Crippen molar-refractivity contribution in [2.45, 2.75) is 36.8 Å². The Morgan fingerprint density at radius 3 is 2.76 bits per heavy atom. The van der Waals surface area contributed by atoms with Crippen LogP contribution in [-0.4, -0.2) is 34.5 Å². The molecule has 0 bridgehead atoms. The topological polar surface area (TPSA) is 82.7 Å². The number of nitrogens with one attached hydrogen (secondary N) is 3. The zero-order valence-electron chi connectivity index (χ0n) is 19.0. The van der Waals surface area contributed by atoms with Gasteiger partial charge in [-0.25, -0.2) is 9.97 Å². The van der Waals surface area contributed by atoms with Crippen LogP contribution in [0.25, 0.3) is 10.9 Å². The molecule has 0 radical (unpaired) electrons. The molecule has 1 amide bonds. The van der Waals surface area contributed by atoms with Crippen molar-refractivity contribution in [3.05, 3.63) is 82.4 Å². The third-order valence-electron chi connectivity index (χ3n) is 6.32. The minimum atomic E-state index is -0.0677. The minimum Gasteiger partial charge on any atom is -0.369 e. The lowest BCUT2D eigenvalue weighted by Gasteiger charge is -2.11. The Morgan fingerprint density at radius 1 is 1.15 bits per heavy atom. The highest BCUT2D eigenvalue weighted by Gasteiger charge is 2.28. The van der Waals surface area contributed by atoms with E-state index in [2.05, 4.69) is 57.6 Å². The number of rotatable bonds is 6. The van der Waals surface area contributed by atoms with E-state index in [-0.39, 0.29) is 11.2 Å². The summed E-state index contributed by atoms with van der Waals surface area (Å²) in [6.07, 6.45) is 3.43. The van der Waals surface area contributed by atoms with Crippen molar-refractivity contribution in [2.24, 2.45) is 0 Å². The summed E-state index contributed by atoms with van der Waals surface area (Å²) >= 11 is 1.80. The van der Waals surface area contributed by atoms with Gasteiger partial charge in [-0.1, -0.05) is 30.3 Å². The molecule has 1 unspecified atom stereocenters. The Hall–Kier alpha value is -3.32. The first-order chi connectivity index (χ1) is 16.0. The van der Waals surface area contributed by atoms with E-state index in [0.717, 1.165) is 35.8 Å². The molecule has 2 aromatic heterocycles. The molecule has 0 spiro atoms. The maximum absolute atomic E-state index is 11.8. The number of hydrogen-bond acceptors (Lipinski definition) is 5. The van der Waals surface area contributed by atoms with E-state index < -0.39 is 0 Å². The Kier molecular flexibility index (Phi) is 5.81. The van der Waals surface area contributed by atoms with Gasteiger partial charge < -0.3 is 15.6 Å². The van der Waals surface area contributed by atoms with Gasteiger partial charge in [0.05, 0.1) is 10.6 Å². The maximum atomic E-state index is 11.8. The van der Waals surface area contributed by atoms with Crippen LogP contribution in [-0.2, 0) is 12.8 Å². The number of anilines is 1. The van der Waals surface area contributed by atoms with Gasteiger partial charge in [-0.05, 0) is 49.1 Å². The van der Waals surface area contributed by atoms with Crippen LogP contribution >= 0.6 is 11.8 Å². The first-order valence-corrected chi connectivity index (χ1v) is 12.1. The molecule has 6 nitrogen and oxygen atoms in total. The lowest BCUT2D eigenvalue weighted by molar-refractivity contribution is 0.0963. The third kappa shape index (κ3) is 4.09. The zero-order valence-corrected chi connectivity index (χ0v) is 19.8. The molecular weight excluding hydrogens is 430 g/mol. The van der Waals surface area contributed by atoms with Crippen molar-refractivity contribution in [3.8, 4) is 0 Å². The fourth-order valence-electron chi connectivity index (χ4n) is 4.52. The summed E-state index contributed by atoms with van der Waals surface area (Å²) in [7, 11) is 1.65. The van der Waals surface area contributed by atoms with Crippen LogP contribution in [0.3, 0.4) is 0 Å². The van der Waals surface area contributed by atoms with Crippen molar-refractivity contribution < 1.29 is 4.79 Å². The second kappa shape index (κ2) is 8.90. The summed E-state index contributed by atoms with van der Waals surface area (Å²) in [6.45, 7) is 5.09. The molecule has 33 heavy (non-hydrogen) atoms. The van der Waals surface area contributed by atoms with E-state index in [9.17, 15) is 4.79 Å². The van der Waals surface area contributed by atoms with E-state index in [0.29, 0.717) is 5.56 Å². The summed E-state index contributed by atoms with van der Waals surface area (Å²) in [5.41, 5.74) is 8.03. The molecule has 5 rings (SSSR count). The molecule has 1 aliphatic rings. The molecule has 0 fully saturated rings. The summed E-state index contributed by atoms with van der Waals surface area (Å²) < 4.78 is 0. The Balaban J connectivity index is 1.29. The fourth-order valence-corrected chi connectivity index (χ4v) is 5.85. The summed E-state index contributed by atoms with van der Waals surface area (Å²) in [4.78, 5) is 25.6. The third-order valence-corrected chi connectivity index (χ3v) is 7.71. The highest BCUT2D eigenvalue weighted by Crippen LogP contribution is 2.48. The molecule has 7 heteroatoms. The molecule has 168 valence electrons. The van der Waals surface area contributed by atoms with Gasteiger partial charge in [0.25, 0.3) is 5.91 Å². The number of thioether (sulfide) groups is 1. The number of para-hydroxylation sites is 1. The number of benzene rings is 2. The number of amides is 1. The molecular formula is C26H27N5OS. The average Bonchev–Trinajstić information content (AvgIpc) is 3.41. The SMILES string of the molecule is CNC(=O)c1ccc(C2Cc3ncnc(NCCc4c(C)[nH]c5c(C)cccc45)c3S2)cc1. The van der Waals surface area contributed by atoms with Crippen LogP contribution in [0.1, 0.15) is 43.7 Å². The van der Waals surface area contributed by atoms with Gasteiger partial charge in [-0.2, -0.15) is 0 Å². The number of fused-ring (bicyclic) bond motifs is 2. The van der Waals surface area contributed by atoms with Gasteiger partial charge in [0.1, 0.15) is 12.1 Å². The smallest absolute Gasteiger partial charge is 0.251 e. The number of aromatic amines is 1. The van der Waals surface area contributed by atoms with E-state index in [4.69, 9.17) is 0 Å². The van der Waals surface area contributed by atoms with Crippen molar-refractivity contribution in [1.29, 1.82) is 0 Å².